The van der Waals surface area contributed by atoms with Gasteiger partial charge in [-0.15, -0.1) is 0 Å². The normalized spacial score (nSPS) is 11.7. The van der Waals surface area contributed by atoms with E-state index in [-0.39, 0.29) is 11.4 Å². The van der Waals surface area contributed by atoms with Crippen LogP contribution in [0.3, 0.4) is 0 Å². The number of rotatable bonds is 2. The first-order valence-corrected chi connectivity index (χ1v) is 7.04. The predicted octanol–water partition coefficient (Wildman–Crippen LogP) is 4.59. The van der Waals surface area contributed by atoms with Gasteiger partial charge in [-0.1, -0.05) is 0 Å². The molecule has 0 saturated heterocycles. The van der Waals surface area contributed by atoms with Gasteiger partial charge in [0.2, 0.25) is 0 Å². The van der Waals surface area contributed by atoms with Gasteiger partial charge in [-0.25, -0.2) is 9.37 Å². The topological polar surface area (TPSA) is 43.8 Å². The van der Waals surface area contributed by atoms with E-state index in [9.17, 15) is 17.6 Å². The minimum absolute atomic E-state index is 0.00898. The molecule has 0 amide bonds. The molecule has 2 N–H and O–H groups in total. The number of nitrogen functional groups attached to an aromatic ring is 1. The molecule has 0 radical (unpaired) electrons. The third kappa shape index (κ3) is 3.10. The number of hydrogen-bond donors (Lipinski definition) is 1. The molecule has 0 aliphatic heterocycles. The van der Waals surface area contributed by atoms with Gasteiger partial charge in [0.05, 0.1) is 0 Å². The molecule has 1 aromatic heterocycles. The monoisotopic (exact) mass is 335 g/mol. The molecular weight excluding hydrogens is 322 g/mol. The summed E-state index contributed by atoms with van der Waals surface area (Å²) in [6, 6.07) is 10.3. The van der Waals surface area contributed by atoms with E-state index in [1.807, 2.05) is 0 Å². The SMILES string of the molecule is Cc1cc(F)cc(-c2nc(C(F)(F)F)cn2-c2ccc(N)cc2)c1. The van der Waals surface area contributed by atoms with Crippen LogP contribution in [0.4, 0.5) is 23.2 Å². The van der Waals surface area contributed by atoms with Gasteiger partial charge >= 0.3 is 6.18 Å². The molecule has 3 aromatic rings. The average Bonchev–Trinajstić information content (AvgIpc) is 2.92. The van der Waals surface area contributed by atoms with Gasteiger partial charge < -0.3 is 5.73 Å². The summed E-state index contributed by atoms with van der Waals surface area (Å²) in [5.41, 5.74) is 6.35. The van der Waals surface area contributed by atoms with E-state index < -0.39 is 17.7 Å². The van der Waals surface area contributed by atoms with Crippen molar-refractivity contribution in [2.45, 2.75) is 13.1 Å². The van der Waals surface area contributed by atoms with E-state index in [1.165, 1.54) is 10.6 Å². The third-order valence-electron chi connectivity index (χ3n) is 3.47. The highest BCUT2D eigenvalue weighted by Gasteiger charge is 2.35. The predicted molar refractivity (Wildman–Crippen MR) is 83.1 cm³/mol. The molecule has 0 atom stereocenters. The van der Waals surface area contributed by atoms with Crippen LogP contribution in [-0.4, -0.2) is 9.55 Å². The van der Waals surface area contributed by atoms with Gasteiger partial charge in [0.1, 0.15) is 11.6 Å². The van der Waals surface area contributed by atoms with Crippen molar-refractivity contribution in [3.8, 4) is 17.1 Å². The Morgan fingerprint density at radius 1 is 1.04 bits per heavy atom. The van der Waals surface area contributed by atoms with Crippen molar-refractivity contribution in [3.05, 3.63) is 65.7 Å². The van der Waals surface area contributed by atoms with Crippen molar-refractivity contribution in [2.24, 2.45) is 0 Å². The van der Waals surface area contributed by atoms with Gasteiger partial charge in [0.15, 0.2) is 5.69 Å². The van der Waals surface area contributed by atoms with E-state index in [4.69, 9.17) is 5.73 Å². The average molecular weight is 335 g/mol. The second-order valence-electron chi connectivity index (χ2n) is 5.43. The summed E-state index contributed by atoms with van der Waals surface area (Å²) in [4.78, 5) is 3.67. The maximum atomic E-state index is 13.7. The standard InChI is InChI=1S/C17H13F4N3/c1-10-6-11(8-12(18)7-10)16-23-15(17(19,20)21)9-24(16)14-4-2-13(22)3-5-14/h2-9H,22H2,1H3. The number of nitrogens with two attached hydrogens (primary N) is 1. The fourth-order valence-corrected chi connectivity index (χ4v) is 2.42. The van der Waals surface area contributed by atoms with Crippen LogP contribution in [0.15, 0.2) is 48.7 Å². The summed E-state index contributed by atoms with van der Waals surface area (Å²) in [6.45, 7) is 1.66. The van der Waals surface area contributed by atoms with Crippen LogP contribution in [-0.2, 0) is 6.18 Å². The van der Waals surface area contributed by atoms with E-state index >= 15 is 0 Å². The van der Waals surface area contributed by atoms with Gasteiger partial charge in [0, 0.05) is 23.1 Å². The number of benzene rings is 2. The molecule has 24 heavy (non-hydrogen) atoms. The Hall–Kier alpha value is -2.83. The quantitative estimate of drug-likeness (QED) is 0.550. The smallest absolute Gasteiger partial charge is 0.399 e. The molecular formula is C17H13F4N3. The van der Waals surface area contributed by atoms with Crippen LogP contribution < -0.4 is 5.73 Å². The number of halogens is 4. The molecule has 2 aromatic carbocycles. The van der Waals surface area contributed by atoms with Gasteiger partial charge in [-0.2, -0.15) is 13.2 Å². The minimum Gasteiger partial charge on any atom is -0.399 e. The second kappa shape index (κ2) is 5.67. The van der Waals surface area contributed by atoms with Gasteiger partial charge in [-0.3, -0.25) is 4.57 Å². The summed E-state index contributed by atoms with van der Waals surface area (Å²) >= 11 is 0. The van der Waals surface area contributed by atoms with Crippen molar-refractivity contribution < 1.29 is 17.6 Å². The molecule has 0 spiro atoms. The largest absolute Gasteiger partial charge is 0.434 e. The lowest BCUT2D eigenvalue weighted by Gasteiger charge is -2.09. The number of imidazole rings is 1. The fraction of sp³-hybridized carbons (Fsp3) is 0.118. The van der Waals surface area contributed by atoms with Crippen LogP contribution in [0.25, 0.3) is 17.1 Å². The van der Waals surface area contributed by atoms with E-state index in [1.54, 1.807) is 37.3 Å². The molecule has 7 heteroatoms. The highest BCUT2D eigenvalue weighted by molar-refractivity contribution is 5.61. The number of aryl methyl sites for hydroxylation is 1. The van der Waals surface area contributed by atoms with Crippen LogP contribution in [0.5, 0.6) is 0 Å². The highest BCUT2D eigenvalue weighted by atomic mass is 19.4. The van der Waals surface area contributed by atoms with Crippen molar-refractivity contribution in [1.29, 1.82) is 0 Å². The molecule has 124 valence electrons. The second-order valence-corrected chi connectivity index (χ2v) is 5.43. The summed E-state index contributed by atoms with van der Waals surface area (Å²) in [5.74, 6) is -0.528. The van der Waals surface area contributed by atoms with Crippen LogP contribution in [0.2, 0.25) is 0 Å². The minimum atomic E-state index is -4.60. The van der Waals surface area contributed by atoms with Crippen molar-refractivity contribution >= 4 is 5.69 Å². The number of alkyl halides is 3. The zero-order chi connectivity index (χ0) is 17.5. The zero-order valence-electron chi connectivity index (χ0n) is 12.6. The Kier molecular flexibility index (Phi) is 3.79. The van der Waals surface area contributed by atoms with Crippen LogP contribution >= 0.6 is 0 Å². The summed E-state index contributed by atoms with van der Waals surface area (Å²) < 4.78 is 54.1. The summed E-state index contributed by atoms with van der Waals surface area (Å²) in [5, 5.41) is 0. The maximum Gasteiger partial charge on any atom is 0.434 e. The maximum absolute atomic E-state index is 13.7. The molecule has 0 saturated carbocycles. The Bertz CT molecular complexity index is 860. The Balaban J connectivity index is 2.23. The first-order valence-electron chi connectivity index (χ1n) is 7.04. The molecule has 0 unspecified atom stereocenters. The molecule has 0 aliphatic rings. The van der Waals surface area contributed by atoms with Gasteiger partial charge in [-0.05, 0) is 55.0 Å². The summed E-state index contributed by atoms with van der Waals surface area (Å²) in [6.07, 6.45) is -3.71. The van der Waals surface area contributed by atoms with Crippen LogP contribution in [0, 0.1) is 12.7 Å². The van der Waals surface area contributed by atoms with Crippen LogP contribution in [0.1, 0.15) is 11.3 Å². The number of hydrogen-bond acceptors (Lipinski definition) is 2. The van der Waals surface area contributed by atoms with E-state index in [0.717, 1.165) is 12.3 Å². The summed E-state index contributed by atoms with van der Waals surface area (Å²) in [7, 11) is 0. The van der Waals surface area contributed by atoms with Gasteiger partial charge in [0.25, 0.3) is 0 Å². The van der Waals surface area contributed by atoms with Crippen molar-refractivity contribution in [3.63, 3.8) is 0 Å². The van der Waals surface area contributed by atoms with Crippen molar-refractivity contribution in [1.82, 2.24) is 9.55 Å². The lowest BCUT2D eigenvalue weighted by atomic mass is 10.1. The molecule has 3 nitrogen and oxygen atoms in total. The Labute approximate surface area is 135 Å². The zero-order valence-corrected chi connectivity index (χ0v) is 12.6. The molecule has 0 bridgehead atoms. The first-order chi connectivity index (χ1) is 11.2. The lowest BCUT2D eigenvalue weighted by Crippen LogP contribution is -2.05. The molecule has 0 aliphatic carbocycles. The van der Waals surface area contributed by atoms with E-state index in [2.05, 4.69) is 4.98 Å². The highest BCUT2D eigenvalue weighted by Crippen LogP contribution is 2.33. The van der Waals surface area contributed by atoms with Crippen molar-refractivity contribution in [2.75, 3.05) is 5.73 Å². The Morgan fingerprint density at radius 2 is 1.71 bits per heavy atom. The third-order valence-corrected chi connectivity index (χ3v) is 3.47. The number of anilines is 1. The number of aromatic nitrogens is 2. The number of nitrogens with zero attached hydrogens (tertiary/aromatic N) is 2. The fourth-order valence-electron chi connectivity index (χ4n) is 2.42. The Morgan fingerprint density at radius 3 is 2.29 bits per heavy atom. The van der Waals surface area contributed by atoms with E-state index in [0.29, 0.717) is 16.9 Å². The molecule has 1 heterocycles. The molecule has 0 fully saturated rings. The first kappa shape index (κ1) is 16.0. The lowest BCUT2D eigenvalue weighted by molar-refractivity contribution is -0.140. The molecule has 3 rings (SSSR count).